The van der Waals surface area contributed by atoms with Crippen LogP contribution >= 0.6 is 0 Å². The van der Waals surface area contributed by atoms with Crippen molar-refractivity contribution in [3.05, 3.63) is 69.6 Å². The minimum atomic E-state index is -2.90. The molecule has 3 rings (SSSR count). The molecule has 0 fully saturated rings. The normalized spacial score (nSPS) is 11.4. The monoisotopic (exact) mass is 385 g/mol. The predicted octanol–water partition coefficient (Wildman–Crippen LogP) is 2.55. The van der Waals surface area contributed by atoms with E-state index in [2.05, 4.69) is 9.72 Å². The van der Waals surface area contributed by atoms with Crippen LogP contribution < -0.4 is 15.4 Å². The molecule has 0 aliphatic rings. The first-order valence-corrected chi connectivity index (χ1v) is 8.38. The van der Waals surface area contributed by atoms with Gasteiger partial charge in [0.1, 0.15) is 11.4 Å². The summed E-state index contributed by atoms with van der Waals surface area (Å²) in [6, 6.07) is 10.1. The second-order valence-corrected chi connectivity index (χ2v) is 5.82. The third-order valence-corrected chi connectivity index (χ3v) is 4.06. The Morgan fingerprint density at radius 2 is 1.93 bits per heavy atom. The Bertz CT molecular complexity index is 1110. The Hall–Kier alpha value is -3.55. The van der Waals surface area contributed by atoms with E-state index in [0.29, 0.717) is 23.1 Å². The Labute approximate surface area is 158 Å². The number of ether oxygens (including phenoxy) is 1. The lowest BCUT2D eigenvalue weighted by Crippen LogP contribution is -2.25. The highest BCUT2D eigenvalue weighted by Gasteiger charge is 2.09. The standard InChI is InChI=1S/C20H16F2N2O4/c1-2-24-17-10-6-13(19(26)27)11-16(17)23-15(18(24)25)9-5-12-3-7-14(8-4-12)28-20(21)22/h3-11,20H,2H2,1H3,(H,26,27)/p-1/b9-5+. The van der Waals surface area contributed by atoms with E-state index < -0.39 is 12.6 Å². The van der Waals surface area contributed by atoms with Gasteiger partial charge in [0.25, 0.3) is 5.56 Å². The zero-order chi connectivity index (χ0) is 20.3. The average Bonchev–Trinajstić information content (AvgIpc) is 2.66. The van der Waals surface area contributed by atoms with Gasteiger partial charge in [-0.1, -0.05) is 24.3 Å². The molecule has 0 aliphatic heterocycles. The maximum absolute atomic E-state index is 12.6. The fraction of sp³-hybridized carbons (Fsp3) is 0.150. The van der Waals surface area contributed by atoms with Gasteiger partial charge < -0.3 is 19.2 Å². The van der Waals surface area contributed by atoms with Crippen LogP contribution in [-0.4, -0.2) is 22.1 Å². The summed E-state index contributed by atoms with van der Waals surface area (Å²) in [5.74, 6) is -1.31. The largest absolute Gasteiger partial charge is 0.545 e. The number of nitrogens with zero attached hydrogens (tertiary/aromatic N) is 2. The number of fused-ring (bicyclic) bond motifs is 1. The molecular formula is C20H15F2N2O4-. The van der Waals surface area contributed by atoms with Crippen LogP contribution in [0.2, 0.25) is 0 Å². The number of carbonyl (C=O) groups excluding carboxylic acids is 1. The van der Waals surface area contributed by atoms with Crippen LogP contribution in [0.4, 0.5) is 8.78 Å². The molecule has 1 heterocycles. The van der Waals surface area contributed by atoms with Gasteiger partial charge in [-0.25, -0.2) is 4.98 Å². The number of hydrogen-bond donors (Lipinski definition) is 0. The van der Waals surface area contributed by atoms with Crippen molar-refractivity contribution in [1.29, 1.82) is 0 Å². The summed E-state index contributed by atoms with van der Waals surface area (Å²) < 4.78 is 30.2. The number of rotatable bonds is 6. The average molecular weight is 385 g/mol. The summed E-state index contributed by atoms with van der Waals surface area (Å²) in [5, 5.41) is 11.1. The minimum absolute atomic E-state index is 0.0270. The van der Waals surface area contributed by atoms with Crippen molar-refractivity contribution < 1.29 is 23.4 Å². The molecule has 28 heavy (non-hydrogen) atoms. The summed E-state index contributed by atoms with van der Waals surface area (Å²) >= 11 is 0. The number of carbonyl (C=O) groups is 1. The van der Waals surface area contributed by atoms with Gasteiger partial charge in [-0.15, -0.1) is 0 Å². The van der Waals surface area contributed by atoms with E-state index in [-0.39, 0.29) is 22.6 Å². The first-order chi connectivity index (χ1) is 13.4. The molecule has 0 amide bonds. The van der Waals surface area contributed by atoms with Crippen molar-refractivity contribution in [1.82, 2.24) is 9.55 Å². The zero-order valence-corrected chi connectivity index (χ0v) is 14.8. The van der Waals surface area contributed by atoms with Crippen LogP contribution in [0.3, 0.4) is 0 Å². The van der Waals surface area contributed by atoms with Gasteiger partial charge in [0.2, 0.25) is 0 Å². The van der Waals surface area contributed by atoms with Crippen LogP contribution in [-0.2, 0) is 6.54 Å². The Morgan fingerprint density at radius 1 is 1.21 bits per heavy atom. The van der Waals surface area contributed by atoms with Crippen molar-refractivity contribution in [3.63, 3.8) is 0 Å². The summed E-state index contributed by atoms with van der Waals surface area (Å²) in [5.41, 5.74) is 1.27. The molecule has 144 valence electrons. The summed E-state index contributed by atoms with van der Waals surface area (Å²) in [4.78, 5) is 28.0. The third kappa shape index (κ3) is 4.06. The van der Waals surface area contributed by atoms with E-state index in [1.807, 2.05) is 0 Å². The van der Waals surface area contributed by atoms with Crippen molar-refractivity contribution in [2.24, 2.45) is 0 Å². The Kier molecular flexibility index (Phi) is 5.49. The predicted molar refractivity (Wildman–Crippen MR) is 98.0 cm³/mol. The highest BCUT2D eigenvalue weighted by Crippen LogP contribution is 2.17. The molecule has 0 atom stereocenters. The fourth-order valence-corrected chi connectivity index (χ4v) is 2.75. The number of aryl methyl sites for hydroxylation is 1. The number of alkyl halides is 2. The molecule has 8 heteroatoms. The van der Waals surface area contributed by atoms with Crippen molar-refractivity contribution in [3.8, 4) is 5.75 Å². The summed E-state index contributed by atoms with van der Waals surface area (Å²) in [6.45, 7) is -0.729. The van der Waals surface area contributed by atoms with Gasteiger partial charge in [0.05, 0.1) is 17.0 Å². The van der Waals surface area contributed by atoms with E-state index in [4.69, 9.17) is 0 Å². The molecule has 2 aromatic carbocycles. The number of halogens is 2. The number of aromatic carboxylic acids is 1. The van der Waals surface area contributed by atoms with Crippen LogP contribution in [0.1, 0.15) is 28.5 Å². The lowest BCUT2D eigenvalue weighted by molar-refractivity contribution is -0.255. The Balaban J connectivity index is 1.99. The van der Waals surface area contributed by atoms with E-state index in [9.17, 15) is 23.5 Å². The summed E-state index contributed by atoms with van der Waals surface area (Å²) in [6.07, 6.45) is 3.09. The van der Waals surface area contributed by atoms with Gasteiger partial charge in [-0.3, -0.25) is 4.79 Å². The minimum Gasteiger partial charge on any atom is -0.545 e. The Morgan fingerprint density at radius 3 is 2.54 bits per heavy atom. The number of hydrogen-bond acceptors (Lipinski definition) is 5. The molecule has 0 unspecified atom stereocenters. The molecule has 0 N–H and O–H groups in total. The van der Waals surface area contributed by atoms with Crippen LogP contribution in [0.15, 0.2) is 47.3 Å². The molecule has 0 saturated heterocycles. The molecule has 0 spiro atoms. The quantitative estimate of drug-likeness (QED) is 0.651. The van der Waals surface area contributed by atoms with Crippen molar-refractivity contribution in [2.75, 3.05) is 0 Å². The highest BCUT2D eigenvalue weighted by molar-refractivity contribution is 5.91. The lowest BCUT2D eigenvalue weighted by atomic mass is 10.1. The van der Waals surface area contributed by atoms with Gasteiger partial charge in [0, 0.05) is 6.54 Å². The summed E-state index contributed by atoms with van der Waals surface area (Å²) in [7, 11) is 0. The number of aromatic nitrogens is 2. The first-order valence-electron chi connectivity index (χ1n) is 8.38. The molecule has 0 saturated carbocycles. The van der Waals surface area contributed by atoms with Crippen molar-refractivity contribution >= 4 is 29.2 Å². The van der Waals surface area contributed by atoms with E-state index in [0.717, 1.165) is 0 Å². The first kappa shape index (κ1) is 19.2. The second-order valence-electron chi connectivity index (χ2n) is 5.82. The number of carboxylic acids is 1. The number of carboxylic acid groups (broad SMARTS) is 1. The highest BCUT2D eigenvalue weighted by atomic mass is 19.3. The van der Waals surface area contributed by atoms with E-state index in [1.54, 1.807) is 25.1 Å². The molecular weight excluding hydrogens is 370 g/mol. The van der Waals surface area contributed by atoms with Gasteiger partial charge in [-0.05, 0) is 48.4 Å². The van der Waals surface area contributed by atoms with Crippen LogP contribution in [0, 0.1) is 0 Å². The fourth-order valence-electron chi connectivity index (χ4n) is 2.75. The molecule has 1 aromatic heterocycles. The van der Waals surface area contributed by atoms with Crippen LogP contribution in [0.25, 0.3) is 23.2 Å². The van der Waals surface area contributed by atoms with Crippen molar-refractivity contribution in [2.45, 2.75) is 20.1 Å². The number of benzene rings is 2. The van der Waals surface area contributed by atoms with Gasteiger partial charge in [0.15, 0.2) is 0 Å². The smallest absolute Gasteiger partial charge is 0.387 e. The zero-order valence-electron chi connectivity index (χ0n) is 14.8. The maximum Gasteiger partial charge on any atom is 0.387 e. The molecule has 3 aromatic rings. The lowest BCUT2D eigenvalue weighted by Gasteiger charge is -2.10. The van der Waals surface area contributed by atoms with E-state index >= 15 is 0 Å². The third-order valence-electron chi connectivity index (χ3n) is 4.06. The van der Waals surface area contributed by atoms with Gasteiger partial charge >= 0.3 is 6.61 Å². The maximum atomic E-state index is 12.6. The van der Waals surface area contributed by atoms with Crippen LogP contribution in [0.5, 0.6) is 5.75 Å². The van der Waals surface area contributed by atoms with Gasteiger partial charge in [-0.2, -0.15) is 8.78 Å². The molecule has 6 nitrogen and oxygen atoms in total. The SMILES string of the molecule is CCn1c(=O)c(/C=C/c2ccc(OC(F)F)cc2)nc2cc(C(=O)[O-])ccc21. The molecule has 0 radical (unpaired) electrons. The molecule has 0 aliphatic carbocycles. The molecule has 0 bridgehead atoms. The van der Waals surface area contributed by atoms with E-state index in [1.165, 1.54) is 41.0 Å². The second kappa shape index (κ2) is 7.99. The topological polar surface area (TPSA) is 84.2 Å².